The summed E-state index contributed by atoms with van der Waals surface area (Å²) in [7, 11) is 0. The van der Waals surface area contributed by atoms with E-state index in [1.54, 1.807) is 0 Å². The van der Waals surface area contributed by atoms with Gasteiger partial charge in [0.25, 0.3) is 0 Å². The van der Waals surface area contributed by atoms with Crippen molar-refractivity contribution in [2.45, 2.75) is 39.2 Å². The van der Waals surface area contributed by atoms with Crippen molar-refractivity contribution in [3.8, 4) is 0 Å². The van der Waals surface area contributed by atoms with Crippen LogP contribution < -0.4 is 5.32 Å². The molecule has 1 aliphatic carbocycles. The Morgan fingerprint density at radius 3 is 2.95 bits per heavy atom. The summed E-state index contributed by atoms with van der Waals surface area (Å²) in [6, 6.07) is 10.7. The minimum atomic E-state index is 0.367. The molecule has 0 saturated heterocycles. The number of benzene rings is 1. The van der Waals surface area contributed by atoms with E-state index in [4.69, 9.17) is 4.98 Å². The van der Waals surface area contributed by atoms with Gasteiger partial charge in [0.1, 0.15) is 5.82 Å². The van der Waals surface area contributed by atoms with Crippen LogP contribution >= 0.6 is 0 Å². The number of aromatic nitrogens is 2. The number of fused-ring (bicyclic) bond motifs is 1. The summed E-state index contributed by atoms with van der Waals surface area (Å²) in [5.41, 5.74) is 3.95. The first-order valence-corrected chi connectivity index (χ1v) is 7.84. The molecule has 1 aliphatic rings. The smallest absolute Gasteiger partial charge is 0.136 e. The van der Waals surface area contributed by atoms with E-state index in [9.17, 15) is 0 Å². The summed E-state index contributed by atoms with van der Waals surface area (Å²) in [4.78, 5) is 9.30. The van der Waals surface area contributed by atoms with Crippen LogP contribution in [-0.2, 0) is 13.0 Å². The topological polar surface area (TPSA) is 37.8 Å². The largest absolute Gasteiger partial charge is 0.311 e. The molecule has 1 aromatic heterocycles. The van der Waals surface area contributed by atoms with Gasteiger partial charge in [-0.1, -0.05) is 38.1 Å². The Labute approximate surface area is 126 Å². The minimum Gasteiger partial charge on any atom is -0.311 e. The Hall–Kier alpha value is -1.74. The second-order valence-electron chi connectivity index (χ2n) is 6.22. The number of nitrogens with zero attached hydrogens (tertiary/aromatic N) is 2. The number of hydrogen-bond donors (Lipinski definition) is 1. The van der Waals surface area contributed by atoms with Crippen molar-refractivity contribution in [1.29, 1.82) is 0 Å². The van der Waals surface area contributed by atoms with Crippen LogP contribution in [0.1, 0.15) is 48.8 Å². The highest BCUT2D eigenvalue weighted by molar-refractivity contribution is 5.38. The van der Waals surface area contributed by atoms with Gasteiger partial charge in [0.2, 0.25) is 0 Å². The van der Waals surface area contributed by atoms with Gasteiger partial charge >= 0.3 is 0 Å². The SMILES string of the molecule is CC(C)CNCc1ccnc(C2CCc3ccccc32)n1. The molecule has 3 rings (SSSR count). The van der Waals surface area contributed by atoms with E-state index < -0.39 is 0 Å². The summed E-state index contributed by atoms with van der Waals surface area (Å²) >= 11 is 0. The van der Waals surface area contributed by atoms with Crippen LogP contribution in [0.25, 0.3) is 0 Å². The Morgan fingerprint density at radius 1 is 1.24 bits per heavy atom. The second kappa shape index (κ2) is 6.35. The van der Waals surface area contributed by atoms with E-state index in [1.807, 2.05) is 12.3 Å². The van der Waals surface area contributed by atoms with Gasteiger partial charge in [0, 0.05) is 18.7 Å². The first kappa shape index (κ1) is 14.2. The van der Waals surface area contributed by atoms with Crippen LogP contribution in [-0.4, -0.2) is 16.5 Å². The standard InChI is InChI=1S/C18H23N3/c1-13(2)11-19-12-15-9-10-20-18(21-15)17-8-7-14-5-3-4-6-16(14)17/h3-6,9-10,13,17,19H,7-8,11-12H2,1-2H3. The van der Waals surface area contributed by atoms with Crippen molar-refractivity contribution in [3.05, 3.63) is 59.2 Å². The Balaban J connectivity index is 1.75. The molecule has 1 heterocycles. The predicted octanol–water partition coefficient (Wildman–Crippen LogP) is 3.30. The summed E-state index contributed by atoms with van der Waals surface area (Å²) in [6.45, 7) is 6.27. The van der Waals surface area contributed by atoms with Crippen LogP contribution in [0.15, 0.2) is 36.5 Å². The molecular weight excluding hydrogens is 258 g/mol. The zero-order chi connectivity index (χ0) is 14.7. The number of nitrogens with one attached hydrogen (secondary N) is 1. The molecule has 0 bridgehead atoms. The van der Waals surface area contributed by atoms with Crippen molar-refractivity contribution in [2.75, 3.05) is 6.54 Å². The fourth-order valence-corrected chi connectivity index (χ4v) is 2.99. The molecule has 1 N–H and O–H groups in total. The van der Waals surface area contributed by atoms with Crippen molar-refractivity contribution in [2.24, 2.45) is 5.92 Å². The maximum absolute atomic E-state index is 4.78. The normalized spacial score (nSPS) is 17.2. The first-order chi connectivity index (χ1) is 10.2. The van der Waals surface area contributed by atoms with Gasteiger partial charge in [-0.05, 0) is 42.5 Å². The van der Waals surface area contributed by atoms with E-state index in [-0.39, 0.29) is 0 Å². The van der Waals surface area contributed by atoms with Gasteiger partial charge in [0.05, 0.1) is 5.69 Å². The molecule has 3 nitrogen and oxygen atoms in total. The summed E-state index contributed by atoms with van der Waals surface area (Å²) < 4.78 is 0. The monoisotopic (exact) mass is 281 g/mol. The average Bonchev–Trinajstić information content (AvgIpc) is 2.91. The van der Waals surface area contributed by atoms with Crippen molar-refractivity contribution in [3.63, 3.8) is 0 Å². The van der Waals surface area contributed by atoms with Gasteiger partial charge in [0.15, 0.2) is 0 Å². The zero-order valence-corrected chi connectivity index (χ0v) is 12.8. The van der Waals surface area contributed by atoms with Gasteiger partial charge < -0.3 is 5.32 Å². The molecule has 0 spiro atoms. The predicted molar refractivity (Wildman–Crippen MR) is 85.2 cm³/mol. The van der Waals surface area contributed by atoms with E-state index >= 15 is 0 Å². The van der Waals surface area contributed by atoms with Crippen LogP contribution in [0, 0.1) is 5.92 Å². The number of hydrogen-bond acceptors (Lipinski definition) is 3. The third kappa shape index (κ3) is 3.30. The zero-order valence-electron chi connectivity index (χ0n) is 12.8. The van der Waals surface area contributed by atoms with Crippen LogP contribution in [0.3, 0.4) is 0 Å². The maximum Gasteiger partial charge on any atom is 0.136 e. The maximum atomic E-state index is 4.78. The highest BCUT2D eigenvalue weighted by atomic mass is 14.9. The molecule has 0 radical (unpaired) electrons. The van der Waals surface area contributed by atoms with E-state index in [0.717, 1.165) is 37.4 Å². The van der Waals surface area contributed by atoms with E-state index in [1.165, 1.54) is 11.1 Å². The summed E-state index contributed by atoms with van der Waals surface area (Å²) in [6.07, 6.45) is 4.16. The van der Waals surface area contributed by atoms with E-state index in [2.05, 4.69) is 48.4 Å². The molecular formula is C18H23N3. The average molecular weight is 281 g/mol. The quantitative estimate of drug-likeness (QED) is 0.913. The lowest BCUT2D eigenvalue weighted by molar-refractivity contribution is 0.546. The highest BCUT2D eigenvalue weighted by Gasteiger charge is 2.25. The molecule has 1 unspecified atom stereocenters. The molecule has 1 aromatic carbocycles. The lowest BCUT2D eigenvalue weighted by atomic mass is 10.0. The Kier molecular flexibility index (Phi) is 4.30. The lowest BCUT2D eigenvalue weighted by Crippen LogP contribution is -2.20. The van der Waals surface area contributed by atoms with Crippen molar-refractivity contribution < 1.29 is 0 Å². The lowest BCUT2D eigenvalue weighted by Gasteiger charge is -2.12. The molecule has 3 heteroatoms. The third-order valence-electron chi connectivity index (χ3n) is 4.04. The molecule has 0 aliphatic heterocycles. The number of aryl methyl sites for hydroxylation is 1. The first-order valence-electron chi connectivity index (χ1n) is 7.84. The molecule has 1 atom stereocenters. The van der Waals surface area contributed by atoms with Crippen molar-refractivity contribution >= 4 is 0 Å². The van der Waals surface area contributed by atoms with Gasteiger partial charge in [-0.15, -0.1) is 0 Å². The van der Waals surface area contributed by atoms with Gasteiger partial charge in [-0.25, -0.2) is 9.97 Å². The minimum absolute atomic E-state index is 0.367. The van der Waals surface area contributed by atoms with Gasteiger partial charge in [-0.3, -0.25) is 0 Å². The van der Waals surface area contributed by atoms with Crippen LogP contribution in [0.2, 0.25) is 0 Å². The van der Waals surface area contributed by atoms with Crippen LogP contribution in [0.5, 0.6) is 0 Å². The summed E-state index contributed by atoms with van der Waals surface area (Å²) in [5.74, 6) is 2.00. The van der Waals surface area contributed by atoms with Crippen molar-refractivity contribution in [1.82, 2.24) is 15.3 Å². The molecule has 0 fully saturated rings. The Bertz CT molecular complexity index is 607. The molecule has 110 valence electrons. The number of rotatable bonds is 5. The van der Waals surface area contributed by atoms with Gasteiger partial charge in [-0.2, -0.15) is 0 Å². The fourth-order valence-electron chi connectivity index (χ4n) is 2.99. The molecule has 0 saturated carbocycles. The van der Waals surface area contributed by atoms with Crippen LogP contribution in [0.4, 0.5) is 0 Å². The second-order valence-corrected chi connectivity index (χ2v) is 6.22. The third-order valence-corrected chi connectivity index (χ3v) is 4.04. The molecule has 0 amide bonds. The molecule has 2 aromatic rings. The fraction of sp³-hybridized carbons (Fsp3) is 0.444. The highest BCUT2D eigenvalue weighted by Crippen LogP contribution is 2.36. The van der Waals surface area contributed by atoms with E-state index in [0.29, 0.717) is 11.8 Å². The Morgan fingerprint density at radius 2 is 2.10 bits per heavy atom. The molecule has 21 heavy (non-hydrogen) atoms. The summed E-state index contributed by atoms with van der Waals surface area (Å²) in [5, 5.41) is 3.45.